The van der Waals surface area contributed by atoms with E-state index in [0.29, 0.717) is 24.3 Å². The summed E-state index contributed by atoms with van der Waals surface area (Å²) in [6.45, 7) is 10.9. The number of piperidine rings is 1. The molecule has 1 fully saturated rings. The highest BCUT2D eigenvalue weighted by atomic mass is 32.1. The number of rotatable bonds is 8. The number of hydrogen-bond donors (Lipinski definition) is 0. The third-order valence-electron chi connectivity index (χ3n) is 7.64. The molecule has 0 amide bonds. The van der Waals surface area contributed by atoms with Gasteiger partial charge in [0.15, 0.2) is 11.2 Å². The van der Waals surface area contributed by atoms with Crippen molar-refractivity contribution < 1.29 is 9.13 Å². The molecule has 0 radical (unpaired) electrons. The molecule has 5 heterocycles. The molecule has 8 nitrogen and oxygen atoms in total. The minimum Gasteiger partial charge on any atom is -0.479 e. The largest absolute Gasteiger partial charge is 0.479 e. The van der Waals surface area contributed by atoms with Crippen LogP contribution < -0.4 is 15.1 Å². The first-order valence-corrected chi connectivity index (χ1v) is 13.8. The summed E-state index contributed by atoms with van der Waals surface area (Å²) in [6.07, 6.45) is 7.70. The number of anilines is 1. The second kappa shape index (κ2) is 13.0. The first kappa shape index (κ1) is 30.5. The fourth-order valence-corrected chi connectivity index (χ4v) is 5.54. The summed E-state index contributed by atoms with van der Waals surface area (Å²) >= 11 is 0. The third kappa shape index (κ3) is 6.70. The highest BCUT2D eigenvalue weighted by Crippen LogP contribution is 2.26. The van der Waals surface area contributed by atoms with Gasteiger partial charge in [0, 0.05) is 67.6 Å². The van der Waals surface area contributed by atoms with Crippen LogP contribution in [0, 0.1) is 19.7 Å². The third-order valence-corrected chi connectivity index (χ3v) is 7.64. The van der Waals surface area contributed by atoms with Gasteiger partial charge in [0.1, 0.15) is 5.65 Å². The topological polar surface area (TPSA) is 76.4 Å². The first-order valence-electron chi connectivity index (χ1n) is 13.8. The maximum absolute atomic E-state index is 14.7. The van der Waals surface area contributed by atoms with E-state index in [9.17, 15) is 9.18 Å². The van der Waals surface area contributed by atoms with Gasteiger partial charge in [-0.05, 0) is 76.4 Å². The van der Waals surface area contributed by atoms with Gasteiger partial charge in [0.05, 0.1) is 24.4 Å². The van der Waals surface area contributed by atoms with Crippen molar-refractivity contribution >= 4 is 30.2 Å². The average Bonchev–Trinajstić information content (AvgIpc) is 2.94. The molecule has 1 aliphatic heterocycles. The predicted molar refractivity (Wildman–Crippen MR) is 166 cm³/mol. The molecule has 1 aliphatic rings. The molecule has 218 valence electrons. The summed E-state index contributed by atoms with van der Waals surface area (Å²) in [5.41, 5.74) is 5.04. The van der Waals surface area contributed by atoms with E-state index in [2.05, 4.69) is 36.9 Å². The lowest BCUT2D eigenvalue weighted by molar-refractivity contribution is 0.158. The summed E-state index contributed by atoms with van der Waals surface area (Å²) in [6, 6.07) is 9.77. The minimum atomic E-state index is -0.640. The van der Waals surface area contributed by atoms with Crippen LogP contribution >= 0.6 is 13.5 Å². The predicted octanol–water partition coefficient (Wildman–Crippen LogP) is 5.32. The maximum Gasteiger partial charge on any atom is 0.252 e. The second-order valence-electron chi connectivity index (χ2n) is 10.9. The molecule has 0 N–H and O–H groups in total. The number of halogens is 1. The second-order valence-corrected chi connectivity index (χ2v) is 10.9. The lowest BCUT2D eigenvalue weighted by Gasteiger charge is -2.40. The Morgan fingerprint density at radius 1 is 1.12 bits per heavy atom. The van der Waals surface area contributed by atoms with E-state index in [0.717, 1.165) is 48.6 Å². The molecule has 0 aliphatic carbocycles. The van der Waals surface area contributed by atoms with Crippen LogP contribution in [0.1, 0.15) is 55.2 Å². The van der Waals surface area contributed by atoms with Gasteiger partial charge in [-0.2, -0.15) is 18.5 Å². The van der Waals surface area contributed by atoms with Crippen LogP contribution in [-0.2, 0) is 13.1 Å². The summed E-state index contributed by atoms with van der Waals surface area (Å²) < 4.78 is 21.8. The number of fused-ring (bicyclic) bond motifs is 1. The smallest absolute Gasteiger partial charge is 0.252 e. The summed E-state index contributed by atoms with van der Waals surface area (Å²) in [4.78, 5) is 31.8. The fraction of sp³-hybridized carbons (Fsp3) is 0.419. The molecule has 0 unspecified atom stereocenters. The Morgan fingerprint density at radius 3 is 2.61 bits per heavy atom. The Morgan fingerprint density at radius 2 is 1.93 bits per heavy atom. The van der Waals surface area contributed by atoms with E-state index in [-0.39, 0.29) is 42.3 Å². The van der Waals surface area contributed by atoms with Crippen LogP contribution in [0.4, 0.5) is 10.1 Å². The zero-order valence-electron chi connectivity index (χ0n) is 24.4. The van der Waals surface area contributed by atoms with Crippen LogP contribution in [-0.4, -0.2) is 50.7 Å². The highest BCUT2D eigenvalue weighted by Gasteiger charge is 2.28. The van der Waals surface area contributed by atoms with Gasteiger partial charge < -0.3 is 14.2 Å². The molecular formula is C31H39FN6O2S. The van der Waals surface area contributed by atoms with Crippen molar-refractivity contribution in [3.63, 3.8) is 0 Å². The lowest BCUT2D eigenvalue weighted by Crippen LogP contribution is -2.48. The summed E-state index contributed by atoms with van der Waals surface area (Å²) in [7, 11) is 1.38. The molecule has 0 bridgehead atoms. The average molecular weight is 579 g/mol. The van der Waals surface area contributed by atoms with E-state index in [1.165, 1.54) is 13.2 Å². The van der Waals surface area contributed by atoms with E-state index < -0.39 is 5.82 Å². The van der Waals surface area contributed by atoms with E-state index in [1.54, 1.807) is 0 Å². The van der Waals surface area contributed by atoms with Gasteiger partial charge in [0.2, 0.25) is 0 Å². The number of hydrogen-bond acceptors (Lipinski definition) is 7. The van der Waals surface area contributed by atoms with Crippen LogP contribution in [0.2, 0.25) is 0 Å². The molecule has 0 aromatic carbocycles. The van der Waals surface area contributed by atoms with Crippen LogP contribution in [0.3, 0.4) is 0 Å². The van der Waals surface area contributed by atoms with E-state index >= 15 is 0 Å². The van der Waals surface area contributed by atoms with E-state index in [4.69, 9.17) is 4.74 Å². The molecule has 10 heteroatoms. The zero-order chi connectivity index (χ0) is 28.4. The summed E-state index contributed by atoms with van der Waals surface area (Å²) in [5, 5.41) is 0.264. The van der Waals surface area contributed by atoms with Crippen molar-refractivity contribution in [2.75, 3.05) is 25.1 Å². The van der Waals surface area contributed by atoms with Gasteiger partial charge in [0.25, 0.3) is 5.88 Å². The molecule has 0 saturated carbocycles. The molecule has 1 saturated heterocycles. The Kier molecular flexibility index (Phi) is 9.65. The number of pyridine rings is 4. The monoisotopic (exact) mass is 578 g/mol. The van der Waals surface area contributed by atoms with Gasteiger partial charge in [-0.25, -0.2) is 4.39 Å². The molecule has 5 rings (SSSR count). The van der Waals surface area contributed by atoms with Crippen molar-refractivity contribution in [2.24, 2.45) is 0 Å². The van der Waals surface area contributed by atoms with Crippen LogP contribution in [0.5, 0.6) is 5.88 Å². The Hall–Kier alpha value is -3.50. The van der Waals surface area contributed by atoms with Gasteiger partial charge in [-0.3, -0.25) is 19.7 Å². The van der Waals surface area contributed by atoms with Gasteiger partial charge in [-0.1, -0.05) is 0 Å². The van der Waals surface area contributed by atoms with Crippen molar-refractivity contribution in [3.8, 4) is 5.88 Å². The fourth-order valence-electron chi connectivity index (χ4n) is 5.54. The molecule has 1 atom stereocenters. The number of ether oxygens (including phenoxy) is 1. The van der Waals surface area contributed by atoms with Crippen molar-refractivity contribution in [3.05, 3.63) is 87.5 Å². The van der Waals surface area contributed by atoms with Crippen molar-refractivity contribution in [2.45, 2.75) is 65.7 Å². The van der Waals surface area contributed by atoms with Crippen LogP contribution in [0.25, 0.3) is 11.0 Å². The van der Waals surface area contributed by atoms with E-state index in [1.807, 2.05) is 63.0 Å². The molecule has 41 heavy (non-hydrogen) atoms. The van der Waals surface area contributed by atoms with Gasteiger partial charge >= 0.3 is 0 Å². The number of aromatic nitrogens is 4. The highest BCUT2D eigenvalue weighted by molar-refractivity contribution is 7.59. The molecule has 4 aromatic rings. The summed E-state index contributed by atoms with van der Waals surface area (Å²) in [5.74, 6) is -0.755. The molecule has 4 aromatic heterocycles. The quantitative estimate of drug-likeness (QED) is 0.280. The Labute approximate surface area is 247 Å². The van der Waals surface area contributed by atoms with Crippen molar-refractivity contribution in [1.29, 1.82) is 0 Å². The Bertz CT molecular complexity index is 1560. The number of methoxy groups -OCH3 is 1. The maximum atomic E-state index is 14.7. The lowest BCUT2D eigenvalue weighted by atomic mass is 10.0. The zero-order valence-corrected chi connectivity index (χ0v) is 25.4. The van der Waals surface area contributed by atoms with Gasteiger partial charge in [-0.15, -0.1) is 0 Å². The standard InChI is InChI=1S/C31H37FN6O2.H2S/c1-20(2)38-18-24(29(39)27-14-28(32)31(40-5)35-30(27)38)17-37(16-23-10-11-33-22(4)13-23)26-7-6-12-36(19-26)25-9-8-21(3)34-15-25;/h8-11,13-15,18,20,26H,6-7,12,16-17,19H2,1-5H3;1H2/t26-;/m0./s1. The SMILES string of the molecule is COc1nc2c(cc1F)c(=O)c(CN(Cc1ccnc(C)c1)[C@H]1CCCN(c3ccc(C)nc3)C1)cn2C(C)C.S. The normalized spacial score (nSPS) is 15.4. The Balaban J connectivity index is 0.00000387. The van der Waals surface area contributed by atoms with Crippen molar-refractivity contribution in [1.82, 2.24) is 24.4 Å². The number of nitrogens with zero attached hydrogens (tertiary/aromatic N) is 6. The van der Waals surface area contributed by atoms with Crippen LogP contribution in [0.15, 0.2) is 53.7 Å². The minimum absolute atomic E-state index is 0. The molecular weight excluding hydrogens is 539 g/mol. The first-order chi connectivity index (χ1) is 19.2. The number of aryl methyl sites for hydroxylation is 2. The molecule has 0 spiro atoms.